The summed E-state index contributed by atoms with van der Waals surface area (Å²) >= 11 is 0. The predicted octanol–water partition coefficient (Wildman–Crippen LogP) is 0.286. The van der Waals surface area contributed by atoms with Crippen molar-refractivity contribution in [2.45, 2.75) is 19.8 Å². The minimum Gasteiger partial charge on any atom is -0.480 e. The van der Waals surface area contributed by atoms with Crippen molar-refractivity contribution in [3.63, 3.8) is 0 Å². The van der Waals surface area contributed by atoms with Crippen LogP contribution in [0.3, 0.4) is 0 Å². The van der Waals surface area contributed by atoms with E-state index in [9.17, 15) is 9.59 Å². The maximum Gasteiger partial charge on any atom is 0.323 e. The van der Waals surface area contributed by atoms with E-state index in [0.29, 0.717) is 19.4 Å². The molecule has 0 radical (unpaired) electrons. The van der Waals surface area contributed by atoms with Crippen LogP contribution in [-0.4, -0.2) is 44.8 Å². The fourth-order valence-corrected chi connectivity index (χ4v) is 1.58. The average molecular weight is 239 g/mol. The van der Waals surface area contributed by atoms with Gasteiger partial charge in [-0.2, -0.15) is 5.10 Å². The number of aliphatic carboxylic acids is 1. The van der Waals surface area contributed by atoms with Gasteiger partial charge in [0.15, 0.2) is 0 Å². The molecule has 0 spiro atoms. The van der Waals surface area contributed by atoms with Crippen LogP contribution in [0.5, 0.6) is 0 Å². The van der Waals surface area contributed by atoms with E-state index in [4.69, 9.17) is 5.11 Å². The minimum atomic E-state index is -0.985. The number of rotatable bonds is 6. The third-order valence-corrected chi connectivity index (χ3v) is 2.58. The Hall–Kier alpha value is -1.85. The van der Waals surface area contributed by atoms with E-state index in [-0.39, 0.29) is 12.5 Å². The second kappa shape index (κ2) is 6.03. The highest BCUT2D eigenvalue weighted by atomic mass is 16.4. The molecule has 1 heterocycles. The standard InChI is InChI=1S/C11H17N3O3/c1-3-14(8-11(16)17)10(15)5-4-9-6-7-12-13(9)2/h6-7H,3-5,8H2,1-2H3,(H,16,17). The lowest BCUT2D eigenvalue weighted by Gasteiger charge is -2.18. The second-order valence-corrected chi connectivity index (χ2v) is 3.75. The first-order valence-electron chi connectivity index (χ1n) is 5.51. The summed E-state index contributed by atoms with van der Waals surface area (Å²) in [5, 5.41) is 12.7. The van der Waals surface area contributed by atoms with Gasteiger partial charge >= 0.3 is 5.97 Å². The van der Waals surface area contributed by atoms with Crippen LogP contribution >= 0.6 is 0 Å². The van der Waals surface area contributed by atoms with Crippen LogP contribution in [0, 0.1) is 0 Å². The number of carbonyl (C=O) groups excluding carboxylic acids is 1. The molecule has 0 aliphatic heterocycles. The lowest BCUT2D eigenvalue weighted by Crippen LogP contribution is -2.35. The van der Waals surface area contributed by atoms with E-state index in [1.165, 1.54) is 4.90 Å². The molecule has 1 amide bonds. The molecule has 6 heteroatoms. The fraction of sp³-hybridized carbons (Fsp3) is 0.545. The zero-order valence-electron chi connectivity index (χ0n) is 10.1. The quantitative estimate of drug-likeness (QED) is 0.774. The Morgan fingerprint density at radius 2 is 2.24 bits per heavy atom. The SMILES string of the molecule is CCN(CC(=O)O)C(=O)CCc1ccnn1C. The monoisotopic (exact) mass is 239 g/mol. The molecule has 94 valence electrons. The zero-order valence-corrected chi connectivity index (χ0v) is 10.1. The maximum absolute atomic E-state index is 11.7. The molecule has 0 atom stereocenters. The summed E-state index contributed by atoms with van der Waals surface area (Å²) in [5.41, 5.74) is 0.963. The smallest absolute Gasteiger partial charge is 0.323 e. The Balaban J connectivity index is 2.48. The van der Waals surface area contributed by atoms with Gasteiger partial charge in [-0.05, 0) is 19.4 Å². The van der Waals surface area contributed by atoms with Crippen molar-refractivity contribution in [1.82, 2.24) is 14.7 Å². The number of aromatic nitrogens is 2. The molecule has 1 rings (SSSR count). The van der Waals surface area contributed by atoms with Crippen LogP contribution in [-0.2, 0) is 23.1 Å². The lowest BCUT2D eigenvalue weighted by atomic mass is 10.2. The molecule has 17 heavy (non-hydrogen) atoms. The third-order valence-electron chi connectivity index (χ3n) is 2.58. The zero-order chi connectivity index (χ0) is 12.8. The molecule has 0 fully saturated rings. The molecule has 0 aliphatic rings. The number of hydrogen-bond donors (Lipinski definition) is 1. The Kier molecular flexibility index (Phi) is 4.68. The van der Waals surface area contributed by atoms with E-state index in [1.54, 1.807) is 17.8 Å². The van der Waals surface area contributed by atoms with Crippen molar-refractivity contribution >= 4 is 11.9 Å². The lowest BCUT2D eigenvalue weighted by molar-refractivity contribution is -0.144. The number of hydrogen-bond acceptors (Lipinski definition) is 3. The van der Waals surface area contributed by atoms with Gasteiger partial charge in [-0.3, -0.25) is 14.3 Å². The highest BCUT2D eigenvalue weighted by Gasteiger charge is 2.15. The molecule has 1 aromatic rings. The van der Waals surface area contributed by atoms with Gasteiger partial charge in [0.05, 0.1) is 0 Å². The maximum atomic E-state index is 11.7. The van der Waals surface area contributed by atoms with Crippen molar-refractivity contribution < 1.29 is 14.7 Å². The average Bonchev–Trinajstić information content (AvgIpc) is 2.68. The van der Waals surface area contributed by atoms with Crippen LogP contribution < -0.4 is 0 Å². The van der Waals surface area contributed by atoms with Gasteiger partial charge in [-0.15, -0.1) is 0 Å². The first-order chi connectivity index (χ1) is 8.04. The normalized spacial score (nSPS) is 10.2. The van der Waals surface area contributed by atoms with Gasteiger partial charge in [0, 0.05) is 31.9 Å². The van der Waals surface area contributed by atoms with Crippen molar-refractivity contribution in [2.75, 3.05) is 13.1 Å². The summed E-state index contributed by atoms with van der Waals surface area (Å²) < 4.78 is 1.71. The van der Waals surface area contributed by atoms with Crippen molar-refractivity contribution in [3.8, 4) is 0 Å². The number of likely N-dealkylation sites (N-methyl/N-ethyl adjacent to an activating group) is 1. The van der Waals surface area contributed by atoms with Crippen LogP contribution in [0.25, 0.3) is 0 Å². The van der Waals surface area contributed by atoms with Gasteiger partial charge in [-0.25, -0.2) is 0 Å². The second-order valence-electron chi connectivity index (χ2n) is 3.75. The number of amides is 1. The molecule has 0 aromatic carbocycles. The molecular weight excluding hydrogens is 222 g/mol. The van der Waals surface area contributed by atoms with Crippen LogP contribution in [0.2, 0.25) is 0 Å². The third kappa shape index (κ3) is 3.90. The number of aryl methyl sites for hydroxylation is 2. The number of carbonyl (C=O) groups is 2. The molecule has 6 nitrogen and oxygen atoms in total. The van der Waals surface area contributed by atoms with E-state index >= 15 is 0 Å². The Bertz CT molecular complexity index is 400. The van der Waals surface area contributed by atoms with Gasteiger partial charge < -0.3 is 10.0 Å². The number of carboxylic acids is 1. The molecule has 0 bridgehead atoms. The summed E-state index contributed by atoms with van der Waals surface area (Å²) in [6.45, 7) is 1.95. The number of carboxylic acid groups (broad SMARTS) is 1. The summed E-state index contributed by atoms with van der Waals surface area (Å²) in [6, 6.07) is 1.85. The summed E-state index contributed by atoms with van der Waals surface area (Å²) in [5.74, 6) is -1.13. The summed E-state index contributed by atoms with van der Waals surface area (Å²) in [7, 11) is 1.81. The summed E-state index contributed by atoms with van der Waals surface area (Å²) in [4.78, 5) is 23.6. The Labute approximate surface area is 99.8 Å². The van der Waals surface area contributed by atoms with Crippen LogP contribution in [0.1, 0.15) is 19.0 Å². The predicted molar refractivity (Wildman–Crippen MR) is 61.4 cm³/mol. The van der Waals surface area contributed by atoms with Crippen LogP contribution in [0.15, 0.2) is 12.3 Å². The highest BCUT2D eigenvalue weighted by molar-refractivity contribution is 5.81. The molecule has 1 aromatic heterocycles. The van der Waals surface area contributed by atoms with E-state index in [0.717, 1.165) is 5.69 Å². The molecule has 0 aliphatic carbocycles. The molecule has 1 N–H and O–H groups in total. The molecular formula is C11H17N3O3. The summed E-state index contributed by atoms with van der Waals surface area (Å²) in [6.07, 6.45) is 2.56. The largest absolute Gasteiger partial charge is 0.480 e. The van der Waals surface area contributed by atoms with E-state index in [1.807, 2.05) is 13.1 Å². The topological polar surface area (TPSA) is 75.4 Å². The molecule has 0 unspecified atom stereocenters. The van der Waals surface area contributed by atoms with Crippen molar-refractivity contribution in [2.24, 2.45) is 7.05 Å². The number of nitrogens with zero attached hydrogens (tertiary/aromatic N) is 3. The fourth-order valence-electron chi connectivity index (χ4n) is 1.58. The molecule has 0 saturated heterocycles. The molecule has 0 saturated carbocycles. The Morgan fingerprint density at radius 1 is 1.53 bits per heavy atom. The first-order valence-corrected chi connectivity index (χ1v) is 5.51. The van der Waals surface area contributed by atoms with Gasteiger partial charge in [0.2, 0.25) is 5.91 Å². The minimum absolute atomic E-state index is 0.142. The first kappa shape index (κ1) is 13.2. The van der Waals surface area contributed by atoms with Gasteiger partial charge in [0.1, 0.15) is 6.54 Å². The van der Waals surface area contributed by atoms with E-state index < -0.39 is 5.97 Å². The van der Waals surface area contributed by atoms with Gasteiger partial charge in [-0.1, -0.05) is 0 Å². The Morgan fingerprint density at radius 3 is 2.71 bits per heavy atom. The van der Waals surface area contributed by atoms with E-state index in [2.05, 4.69) is 5.10 Å². The van der Waals surface area contributed by atoms with Crippen LogP contribution in [0.4, 0.5) is 0 Å². The van der Waals surface area contributed by atoms with Crippen molar-refractivity contribution in [3.05, 3.63) is 18.0 Å². The van der Waals surface area contributed by atoms with Crippen molar-refractivity contribution in [1.29, 1.82) is 0 Å². The van der Waals surface area contributed by atoms with Gasteiger partial charge in [0.25, 0.3) is 0 Å². The highest BCUT2D eigenvalue weighted by Crippen LogP contribution is 2.03.